The fourth-order valence-electron chi connectivity index (χ4n) is 8.61. The van der Waals surface area contributed by atoms with E-state index in [0.29, 0.717) is 0 Å². The number of imidazole rings is 1. The van der Waals surface area contributed by atoms with E-state index in [1.165, 1.54) is 66.0 Å². The number of hydrogen-bond donors (Lipinski definition) is 0. The summed E-state index contributed by atoms with van der Waals surface area (Å²) >= 11 is 0. The molecule has 0 N–H and O–H groups in total. The average Bonchev–Trinajstić information content (AvgIpc) is 3.80. The highest BCUT2D eigenvalue weighted by molar-refractivity contribution is 6.11. The lowest BCUT2D eigenvalue weighted by molar-refractivity contribution is -0.601. The third kappa shape index (κ3) is 5.07. The number of hydrogen-bond acceptors (Lipinski definition) is 0. The Morgan fingerprint density at radius 1 is 0.472 bits per heavy atom. The molecule has 0 fully saturated rings. The Morgan fingerprint density at radius 3 is 1.32 bits per heavy atom. The number of nitrogens with zero attached hydrogens (tertiary/aromatic N) is 4. The van der Waals surface area contributed by atoms with Gasteiger partial charge in [-0.3, -0.25) is 0 Å². The second-order valence-corrected chi connectivity index (χ2v) is 16.6. The Bertz CT molecular complexity index is 2640. The molecule has 9 rings (SSSR count). The van der Waals surface area contributed by atoms with Gasteiger partial charge in [0.15, 0.2) is 5.69 Å². The first-order valence-corrected chi connectivity index (χ1v) is 18.8. The molecule has 0 aliphatic carbocycles. The molecule has 0 saturated heterocycles. The van der Waals surface area contributed by atoms with Gasteiger partial charge in [0, 0.05) is 28.5 Å². The van der Waals surface area contributed by atoms with Crippen LogP contribution in [0.2, 0.25) is 0 Å². The maximum absolute atomic E-state index is 2.46. The Morgan fingerprint density at radius 2 is 0.906 bits per heavy atom. The maximum Gasteiger partial charge on any atom is 0.263 e. The van der Waals surface area contributed by atoms with Crippen LogP contribution in [0, 0.1) is 13.8 Å². The van der Waals surface area contributed by atoms with E-state index < -0.39 is 0 Å². The van der Waals surface area contributed by atoms with Crippen LogP contribution in [0.15, 0.2) is 140 Å². The van der Waals surface area contributed by atoms with Gasteiger partial charge in [0.25, 0.3) is 5.82 Å². The van der Waals surface area contributed by atoms with Gasteiger partial charge in [0.2, 0.25) is 0 Å². The highest BCUT2D eigenvalue weighted by atomic mass is 15.2. The Hall–Kier alpha value is -5.87. The second kappa shape index (κ2) is 11.8. The summed E-state index contributed by atoms with van der Waals surface area (Å²) in [5.74, 6) is 1.13. The van der Waals surface area contributed by atoms with Gasteiger partial charge < -0.3 is 9.13 Å². The van der Waals surface area contributed by atoms with Crippen molar-refractivity contribution in [2.45, 2.75) is 66.2 Å². The van der Waals surface area contributed by atoms with Crippen molar-refractivity contribution in [1.29, 1.82) is 0 Å². The third-order valence-corrected chi connectivity index (χ3v) is 11.3. The topological polar surface area (TPSA) is 18.7 Å². The first-order chi connectivity index (χ1) is 25.4. The molecule has 0 bridgehead atoms. The zero-order valence-electron chi connectivity index (χ0n) is 32.1. The minimum Gasteiger partial charge on any atom is -0.305 e. The van der Waals surface area contributed by atoms with Crippen LogP contribution in [0.25, 0.3) is 66.4 Å². The molecule has 0 radical (unpaired) electrons. The third-order valence-electron chi connectivity index (χ3n) is 11.3. The van der Waals surface area contributed by atoms with Gasteiger partial charge in [-0.25, -0.2) is 0 Å². The van der Waals surface area contributed by atoms with Crippen molar-refractivity contribution in [1.82, 2.24) is 13.7 Å². The highest BCUT2D eigenvalue weighted by Gasteiger charge is 2.30. The van der Waals surface area contributed by atoms with Crippen molar-refractivity contribution in [3.05, 3.63) is 162 Å². The lowest BCUT2D eigenvalue weighted by atomic mass is 9.78. The van der Waals surface area contributed by atoms with Crippen LogP contribution in [0.4, 0.5) is 0 Å². The summed E-state index contributed by atoms with van der Waals surface area (Å²) in [7, 11) is 0. The molecule has 4 nitrogen and oxygen atoms in total. The van der Waals surface area contributed by atoms with Crippen LogP contribution >= 0.6 is 0 Å². The molecule has 6 aromatic carbocycles. The molecule has 0 atom stereocenters. The van der Waals surface area contributed by atoms with Crippen molar-refractivity contribution >= 4 is 43.6 Å². The quantitative estimate of drug-likeness (QED) is 0.164. The molecule has 0 aliphatic heterocycles. The van der Waals surface area contributed by atoms with E-state index in [-0.39, 0.29) is 10.8 Å². The van der Waals surface area contributed by atoms with Crippen LogP contribution in [0.5, 0.6) is 0 Å². The van der Waals surface area contributed by atoms with Gasteiger partial charge in [0.1, 0.15) is 18.1 Å². The van der Waals surface area contributed by atoms with Gasteiger partial charge >= 0.3 is 0 Å². The smallest absolute Gasteiger partial charge is 0.263 e. The van der Waals surface area contributed by atoms with Gasteiger partial charge in [-0.05, 0) is 76.9 Å². The Kier molecular flexibility index (Phi) is 7.36. The predicted molar refractivity (Wildman–Crippen MR) is 223 cm³/mol. The molecular formula is C49H47N4+. The fraction of sp³-hybridized carbons (Fsp3) is 0.204. The highest BCUT2D eigenvalue weighted by Crippen LogP contribution is 2.39. The second-order valence-electron chi connectivity index (χ2n) is 16.6. The van der Waals surface area contributed by atoms with Crippen molar-refractivity contribution in [2.24, 2.45) is 0 Å². The largest absolute Gasteiger partial charge is 0.305 e. The van der Waals surface area contributed by atoms with E-state index in [4.69, 9.17) is 0 Å². The Labute approximate surface area is 312 Å². The molecular weight excluding hydrogens is 645 g/mol. The molecule has 4 heteroatoms. The minimum atomic E-state index is 0.00393. The van der Waals surface area contributed by atoms with Crippen molar-refractivity contribution in [3.8, 4) is 22.7 Å². The summed E-state index contributed by atoms with van der Waals surface area (Å²) in [4.78, 5) is 0. The van der Waals surface area contributed by atoms with Crippen LogP contribution in [-0.2, 0) is 10.8 Å². The Balaban J connectivity index is 1.41. The van der Waals surface area contributed by atoms with E-state index in [1.54, 1.807) is 0 Å². The summed E-state index contributed by atoms with van der Waals surface area (Å²) in [5.41, 5.74) is 13.4. The molecule has 262 valence electrons. The summed E-state index contributed by atoms with van der Waals surface area (Å²) in [6, 6.07) is 46.9. The molecule has 0 unspecified atom stereocenters. The van der Waals surface area contributed by atoms with Crippen LogP contribution < -0.4 is 4.57 Å². The summed E-state index contributed by atoms with van der Waals surface area (Å²) in [6.45, 7) is 18.5. The van der Waals surface area contributed by atoms with E-state index in [2.05, 4.69) is 213 Å². The van der Waals surface area contributed by atoms with E-state index >= 15 is 0 Å². The summed E-state index contributed by atoms with van der Waals surface area (Å²) in [6.07, 6.45) is 4.52. The van der Waals surface area contributed by atoms with Gasteiger partial charge in [-0.15, -0.1) is 0 Å². The zero-order chi connectivity index (χ0) is 36.8. The SMILES string of the molecule is Cc1c(-n2cc[n+](-c3c(-n4c5ccccc5c5ccccc54)cccc3-n3c4ccccc4c4ccccc43)c2C)cc(C(C)(C)C)cc1C(C)(C)C. The molecule has 9 aromatic rings. The predicted octanol–water partition coefficient (Wildman–Crippen LogP) is 12.2. The van der Waals surface area contributed by atoms with Crippen molar-refractivity contribution in [3.63, 3.8) is 0 Å². The van der Waals surface area contributed by atoms with Gasteiger partial charge in [-0.2, -0.15) is 9.13 Å². The lowest BCUT2D eigenvalue weighted by Crippen LogP contribution is -2.35. The fourth-order valence-corrected chi connectivity index (χ4v) is 8.61. The molecule has 53 heavy (non-hydrogen) atoms. The lowest BCUT2D eigenvalue weighted by Gasteiger charge is -2.27. The van der Waals surface area contributed by atoms with Crippen molar-refractivity contribution in [2.75, 3.05) is 0 Å². The monoisotopic (exact) mass is 691 g/mol. The summed E-state index contributed by atoms with van der Waals surface area (Å²) in [5, 5.41) is 5.00. The van der Waals surface area contributed by atoms with Crippen molar-refractivity contribution < 1.29 is 4.57 Å². The average molecular weight is 692 g/mol. The summed E-state index contributed by atoms with van der Waals surface area (Å²) < 4.78 is 9.74. The first kappa shape index (κ1) is 33.0. The normalized spacial score (nSPS) is 12.5. The van der Waals surface area contributed by atoms with Gasteiger partial charge in [-0.1, -0.05) is 126 Å². The molecule has 3 aromatic heterocycles. The van der Waals surface area contributed by atoms with Crippen LogP contribution in [0.3, 0.4) is 0 Å². The van der Waals surface area contributed by atoms with E-state index in [9.17, 15) is 0 Å². The maximum atomic E-state index is 2.46. The van der Waals surface area contributed by atoms with Gasteiger partial charge in [0.05, 0.1) is 33.4 Å². The first-order valence-electron chi connectivity index (χ1n) is 18.8. The number of fused-ring (bicyclic) bond motifs is 6. The zero-order valence-corrected chi connectivity index (χ0v) is 32.1. The van der Waals surface area contributed by atoms with Crippen LogP contribution in [-0.4, -0.2) is 13.7 Å². The molecule has 0 aliphatic rings. The standard InChI is InChI=1S/C49H47N4/c1-32-39(49(6,7)8)30-34(48(3,4)5)31-46(32)50-28-29-51(33(50)2)47-44(52-40-22-13-9-18-35(40)36-19-10-14-23-41(36)52)26-17-27-45(47)53-42-24-15-11-20-37(42)38-21-12-16-25-43(38)53/h9-31H,1-8H3/q+1. The molecule has 3 heterocycles. The number of benzene rings is 6. The van der Waals surface area contributed by atoms with Crippen LogP contribution in [0.1, 0.15) is 64.1 Å². The minimum absolute atomic E-state index is 0.00393. The molecule has 0 spiro atoms. The van der Waals surface area contributed by atoms with E-state index in [0.717, 1.165) is 22.9 Å². The molecule has 0 amide bonds. The number of aromatic nitrogens is 4. The van der Waals surface area contributed by atoms with E-state index in [1.807, 2.05) is 0 Å². The number of para-hydroxylation sites is 5. The number of rotatable bonds is 4. The molecule has 0 saturated carbocycles.